The lowest BCUT2D eigenvalue weighted by Crippen LogP contribution is -2.62. The van der Waals surface area contributed by atoms with Gasteiger partial charge < -0.3 is 5.11 Å². The van der Waals surface area contributed by atoms with Crippen molar-refractivity contribution in [3.05, 3.63) is 0 Å². The van der Waals surface area contributed by atoms with Crippen LogP contribution in [0, 0.1) is 23.2 Å². The Hall–Kier alpha value is -1.11. The number of nitrogens with zero attached hydrogens (tertiary/aromatic N) is 2. The Kier molecular flexibility index (Phi) is 4.33. The van der Waals surface area contributed by atoms with E-state index in [0.29, 0.717) is 17.1 Å². The average molecular weight is 334 g/mol. The van der Waals surface area contributed by atoms with Gasteiger partial charge in [-0.2, -0.15) is 23.3 Å². The van der Waals surface area contributed by atoms with Gasteiger partial charge in [-0.25, -0.2) is 0 Å². The second-order valence-electron chi connectivity index (χ2n) is 8.01. The first-order valence-electron chi connectivity index (χ1n) is 8.00. The molecule has 2 aliphatic rings. The fourth-order valence-corrected chi connectivity index (χ4v) is 3.47. The van der Waals surface area contributed by atoms with E-state index in [1.54, 1.807) is 0 Å². The summed E-state index contributed by atoms with van der Waals surface area (Å²) in [5.41, 5.74) is -3.10. The Morgan fingerprint density at radius 2 is 1.91 bits per heavy atom. The highest BCUT2D eigenvalue weighted by molar-refractivity contribution is 5.93. The molecule has 0 unspecified atom stereocenters. The maximum absolute atomic E-state index is 13.7. The van der Waals surface area contributed by atoms with E-state index in [1.807, 2.05) is 20.8 Å². The molecule has 1 heterocycles. The number of carbonyl (C=O) groups is 1. The molecule has 7 heteroatoms. The van der Waals surface area contributed by atoms with E-state index in [2.05, 4.69) is 5.10 Å². The van der Waals surface area contributed by atoms with E-state index in [9.17, 15) is 23.1 Å². The summed E-state index contributed by atoms with van der Waals surface area (Å²) in [6, 6.07) is 0. The molecule has 2 rings (SSSR count). The highest BCUT2D eigenvalue weighted by Crippen LogP contribution is 2.52. The van der Waals surface area contributed by atoms with Crippen LogP contribution in [0.2, 0.25) is 0 Å². The predicted molar refractivity (Wildman–Crippen MR) is 80.4 cm³/mol. The van der Waals surface area contributed by atoms with Crippen molar-refractivity contribution in [1.29, 1.82) is 0 Å². The molecule has 1 saturated carbocycles. The number of carbonyl (C=O) groups excluding carboxylic acids is 1. The fourth-order valence-electron chi connectivity index (χ4n) is 3.47. The molecule has 0 bridgehead atoms. The number of rotatable bonds is 1. The van der Waals surface area contributed by atoms with Gasteiger partial charge in [0.2, 0.25) is 5.91 Å². The lowest BCUT2D eigenvalue weighted by atomic mass is 9.66. The van der Waals surface area contributed by atoms with Gasteiger partial charge in [0.15, 0.2) is 0 Å². The molecule has 0 saturated heterocycles. The second kappa shape index (κ2) is 5.46. The van der Waals surface area contributed by atoms with Gasteiger partial charge in [0.1, 0.15) is 0 Å². The van der Waals surface area contributed by atoms with Crippen molar-refractivity contribution in [2.24, 2.45) is 28.3 Å². The lowest BCUT2D eigenvalue weighted by molar-refractivity contribution is -0.318. The van der Waals surface area contributed by atoms with E-state index >= 15 is 0 Å². The minimum atomic E-state index is -4.95. The highest BCUT2D eigenvalue weighted by atomic mass is 19.4. The van der Waals surface area contributed by atoms with Crippen LogP contribution in [-0.4, -0.2) is 33.6 Å². The van der Waals surface area contributed by atoms with Gasteiger partial charge in [-0.3, -0.25) is 4.79 Å². The number of halogens is 3. The Morgan fingerprint density at radius 3 is 2.35 bits per heavy atom. The van der Waals surface area contributed by atoms with Gasteiger partial charge in [-0.15, -0.1) is 0 Å². The molecule has 1 aliphatic carbocycles. The number of fused-ring (bicyclic) bond motifs is 1. The summed E-state index contributed by atoms with van der Waals surface area (Å²) < 4.78 is 41.1. The van der Waals surface area contributed by atoms with Gasteiger partial charge in [0, 0.05) is 11.6 Å². The Morgan fingerprint density at radius 1 is 1.35 bits per heavy atom. The molecule has 1 N–H and O–H groups in total. The third kappa shape index (κ3) is 2.88. The summed E-state index contributed by atoms with van der Waals surface area (Å²) in [6.07, 6.45) is -3.67. The number of aliphatic hydroxyl groups is 1. The number of hydrazone groups is 1. The Balaban J connectivity index is 2.44. The molecule has 0 radical (unpaired) electrons. The fraction of sp³-hybridized carbons (Fsp3) is 0.875. The van der Waals surface area contributed by atoms with Crippen LogP contribution in [0.4, 0.5) is 13.2 Å². The smallest absolute Gasteiger partial charge is 0.362 e. The summed E-state index contributed by atoms with van der Waals surface area (Å²) in [7, 11) is 0. The maximum Gasteiger partial charge on any atom is 0.439 e. The molecule has 0 aromatic carbocycles. The quantitative estimate of drug-likeness (QED) is 0.797. The first-order chi connectivity index (χ1) is 10.3. The molecule has 23 heavy (non-hydrogen) atoms. The monoisotopic (exact) mass is 334 g/mol. The number of hydrogen-bond acceptors (Lipinski definition) is 3. The van der Waals surface area contributed by atoms with Crippen LogP contribution in [0.5, 0.6) is 0 Å². The zero-order valence-electron chi connectivity index (χ0n) is 14.2. The molecule has 0 aromatic rings. The van der Waals surface area contributed by atoms with E-state index in [4.69, 9.17) is 0 Å². The van der Waals surface area contributed by atoms with Crippen LogP contribution in [0.1, 0.15) is 53.9 Å². The topological polar surface area (TPSA) is 52.9 Å². The first-order valence-corrected chi connectivity index (χ1v) is 8.00. The van der Waals surface area contributed by atoms with Crippen LogP contribution in [0.15, 0.2) is 5.10 Å². The van der Waals surface area contributed by atoms with Gasteiger partial charge in [0.25, 0.3) is 5.72 Å². The van der Waals surface area contributed by atoms with E-state index < -0.39 is 29.6 Å². The zero-order valence-corrected chi connectivity index (χ0v) is 14.2. The highest BCUT2D eigenvalue weighted by Gasteiger charge is 2.69. The number of alkyl halides is 3. The van der Waals surface area contributed by atoms with Crippen LogP contribution in [0.25, 0.3) is 0 Å². The molecule has 1 fully saturated rings. The van der Waals surface area contributed by atoms with Crippen molar-refractivity contribution < 1.29 is 23.1 Å². The molecule has 132 valence electrons. The summed E-state index contributed by atoms with van der Waals surface area (Å²) in [4.78, 5) is 12.2. The minimum Gasteiger partial charge on any atom is -0.362 e. The lowest BCUT2D eigenvalue weighted by Gasteiger charge is -2.43. The molecular formula is C16H25F3N2O2. The van der Waals surface area contributed by atoms with Crippen LogP contribution in [-0.2, 0) is 4.79 Å². The van der Waals surface area contributed by atoms with Gasteiger partial charge >= 0.3 is 6.18 Å². The molecule has 1 aliphatic heterocycles. The molecule has 3 atom stereocenters. The van der Waals surface area contributed by atoms with E-state index in [1.165, 1.54) is 13.8 Å². The van der Waals surface area contributed by atoms with E-state index in [0.717, 1.165) is 6.42 Å². The van der Waals surface area contributed by atoms with Crippen molar-refractivity contribution in [2.45, 2.75) is 65.8 Å². The summed E-state index contributed by atoms with van der Waals surface area (Å²) in [5, 5.41) is 14.7. The van der Waals surface area contributed by atoms with Gasteiger partial charge in [0.05, 0.1) is 5.92 Å². The molecule has 1 amide bonds. The molecule has 4 nitrogen and oxygen atoms in total. The van der Waals surface area contributed by atoms with Crippen molar-refractivity contribution in [3.8, 4) is 0 Å². The predicted octanol–water partition coefficient (Wildman–Crippen LogP) is 3.55. The third-order valence-electron chi connectivity index (χ3n) is 5.05. The number of hydrogen-bond donors (Lipinski definition) is 1. The van der Waals surface area contributed by atoms with Crippen molar-refractivity contribution >= 4 is 11.6 Å². The number of amides is 1. The second-order valence-corrected chi connectivity index (χ2v) is 8.01. The van der Waals surface area contributed by atoms with E-state index in [-0.39, 0.29) is 17.8 Å². The molecule has 0 aromatic heterocycles. The zero-order chi connectivity index (χ0) is 17.8. The largest absolute Gasteiger partial charge is 0.439 e. The first kappa shape index (κ1) is 18.2. The summed E-state index contributed by atoms with van der Waals surface area (Å²) in [6.45, 7) is 8.95. The third-order valence-corrected chi connectivity index (χ3v) is 5.05. The van der Waals surface area contributed by atoms with Crippen molar-refractivity contribution in [2.75, 3.05) is 0 Å². The molecular weight excluding hydrogens is 309 g/mol. The van der Waals surface area contributed by atoms with Crippen molar-refractivity contribution in [1.82, 2.24) is 5.01 Å². The van der Waals surface area contributed by atoms with Crippen LogP contribution < -0.4 is 0 Å². The Bertz CT molecular complexity index is 522. The standard InChI is InChI=1S/C16H25F3N2O2/c1-9(2)13(22)21-15(23,16(17,18)19)11-8-10(14(3,4)5)6-7-12(11)20-21/h9-11,23H,6-8H2,1-5H3/t10-,11-,15-/m0/s1. The van der Waals surface area contributed by atoms with Crippen LogP contribution >= 0.6 is 0 Å². The van der Waals surface area contributed by atoms with Crippen LogP contribution in [0.3, 0.4) is 0 Å². The normalized spacial score (nSPS) is 32.1. The minimum absolute atomic E-state index is 0.0365. The summed E-state index contributed by atoms with van der Waals surface area (Å²) >= 11 is 0. The SMILES string of the molecule is CC(C)C(=O)N1N=C2CC[C@H](C(C)(C)C)C[C@@H]2[C@]1(O)C(F)(F)F. The molecule has 0 spiro atoms. The maximum atomic E-state index is 13.7. The average Bonchev–Trinajstić information content (AvgIpc) is 2.70. The van der Waals surface area contributed by atoms with Gasteiger partial charge in [-0.05, 0) is 30.6 Å². The van der Waals surface area contributed by atoms with Crippen molar-refractivity contribution in [3.63, 3.8) is 0 Å². The Labute approximate surface area is 134 Å². The summed E-state index contributed by atoms with van der Waals surface area (Å²) in [5.74, 6) is -2.62. The van der Waals surface area contributed by atoms with Gasteiger partial charge in [-0.1, -0.05) is 34.6 Å².